The van der Waals surface area contributed by atoms with Crippen molar-refractivity contribution in [2.75, 3.05) is 11.9 Å². The fourth-order valence-electron chi connectivity index (χ4n) is 3.38. The van der Waals surface area contributed by atoms with Gasteiger partial charge >= 0.3 is 0 Å². The number of nitrogens with zero attached hydrogens (tertiary/aromatic N) is 1. The predicted molar refractivity (Wildman–Crippen MR) is 110 cm³/mol. The van der Waals surface area contributed by atoms with Gasteiger partial charge in [0.25, 0.3) is 0 Å². The number of aromatic nitrogens is 1. The average molecular weight is 394 g/mol. The SMILES string of the molecule is NC(=O)c1cnc(NC(c2ccccc2)c2ccc3c(c2)CCCO3)c(Cl)c1. The summed E-state index contributed by atoms with van der Waals surface area (Å²) in [6.45, 7) is 0.762. The molecule has 3 aromatic rings. The summed E-state index contributed by atoms with van der Waals surface area (Å²) in [5.41, 5.74) is 8.96. The minimum Gasteiger partial charge on any atom is -0.493 e. The van der Waals surface area contributed by atoms with Gasteiger partial charge in [-0.25, -0.2) is 4.98 Å². The number of carbonyl (C=O) groups is 1. The van der Waals surface area contributed by atoms with Gasteiger partial charge in [-0.3, -0.25) is 4.79 Å². The summed E-state index contributed by atoms with van der Waals surface area (Å²) in [6.07, 6.45) is 3.44. The molecule has 0 saturated carbocycles. The molecule has 1 aliphatic heterocycles. The number of hydrogen-bond acceptors (Lipinski definition) is 4. The van der Waals surface area contributed by atoms with Crippen LogP contribution in [0.5, 0.6) is 5.75 Å². The summed E-state index contributed by atoms with van der Waals surface area (Å²) in [6, 6.07) is 17.7. The monoisotopic (exact) mass is 393 g/mol. The lowest BCUT2D eigenvalue weighted by Crippen LogP contribution is -2.16. The number of nitrogens with one attached hydrogen (secondary N) is 1. The Morgan fingerprint density at radius 3 is 2.71 bits per heavy atom. The molecule has 3 N–H and O–H groups in total. The minimum absolute atomic E-state index is 0.155. The van der Waals surface area contributed by atoms with Crippen LogP contribution in [-0.4, -0.2) is 17.5 Å². The lowest BCUT2D eigenvalue weighted by molar-refractivity contribution is 0.1000. The van der Waals surface area contributed by atoms with Gasteiger partial charge in [0.2, 0.25) is 5.91 Å². The van der Waals surface area contributed by atoms with E-state index in [4.69, 9.17) is 22.1 Å². The maximum Gasteiger partial charge on any atom is 0.250 e. The molecule has 0 bridgehead atoms. The number of fused-ring (bicyclic) bond motifs is 1. The van der Waals surface area contributed by atoms with E-state index < -0.39 is 5.91 Å². The third kappa shape index (κ3) is 3.80. The van der Waals surface area contributed by atoms with Crippen molar-refractivity contribution < 1.29 is 9.53 Å². The molecule has 4 rings (SSSR count). The number of ether oxygens (including phenoxy) is 1. The number of primary amides is 1. The normalized spacial score (nSPS) is 13.9. The summed E-state index contributed by atoms with van der Waals surface area (Å²) in [7, 11) is 0. The smallest absolute Gasteiger partial charge is 0.250 e. The van der Waals surface area contributed by atoms with E-state index in [9.17, 15) is 4.79 Å². The fraction of sp³-hybridized carbons (Fsp3) is 0.182. The number of benzene rings is 2. The second-order valence-electron chi connectivity index (χ2n) is 6.73. The average Bonchev–Trinajstić information content (AvgIpc) is 2.73. The van der Waals surface area contributed by atoms with E-state index in [1.165, 1.54) is 17.8 Å². The standard InChI is InChI=1S/C22H20ClN3O2/c23-18-12-17(21(24)27)13-25-22(18)26-20(14-5-2-1-3-6-14)16-8-9-19-15(11-16)7-4-10-28-19/h1-3,5-6,8-9,11-13,20H,4,7,10H2,(H2,24,27)(H,25,26). The molecule has 6 heteroatoms. The number of anilines is 1. The third-order valence-corrected chi connectivity index (χ3v) is 5.09. The molecule has 1 atom stereocenters. The van der Waals surface area contributed by atoms with Gasteiger partial charge in [0.1, 0.15) is 11.6 Å². The predicted octanol–water partition coefficient (Wildman–Crippen LogP) is 4.36. The molecular weight excluding hydrogens is 374 g/mol. The maximum atomic E-state index is 11.4. The molecule has 1 aliphatic rings. The van der Waals surface area contributed by atoms with Crippen LogP contribution < -0.4 is 15.8 Å². The molecule has 0 saturated heterocycles. The number of hydrogen-bond donors (Lipinski definition) is 2. The number of nitrogens with two attached hydrogens (primary N) is 1. The lowest BCUT2D eigenvalue weighted by atomic mass is 9.95. The zero-order valence-corrected chi connectivity index (χ0v) is 15.9. The minimum atomic E-state index is -0.560. The van der Waals surface area contributed by atoms with E-state index in [2.05, 4.69) is 34.6 Å². The molecule has 0 fully saturated rings. The Hall–Kier alpha value is -3.05. The van der Waals surface area contributed by atoms with Crippen LogP contribution in [0.2, 0.25) is 5.02 Å². The first kappa shape index (κ1) is 18.3. The van der Waals surface area contributed by atoms with Crippen molar-refractivity contribution in [1.82, 2.24) is 4.98 Å². The molecule has 0 spiro atoms. The molecule has 0 radical (unpaired) electrons. The van der Waals surface area contributed by atoms with E-state index in [0.29, 0.717) is 10.8 Å². The topological polar surface area (TPSA) is 77.2 Å². The van der Waals surface area contributed by atoms with Crippen LogP contribution >= 0.6 is 11.6 Å². The van der Waals surface area contributed by atoms with Crippen molar-refractivity contribution in [2.45, 2.75) is 18.9 Å². The zero-order valence-electron chi connectivity index (χ0n) is 15.2. The molecular formula is C22H20ClN3O2. The van der Waals surface area contributed by atoms with Crippen molar-refractivity contribution in [3.63, 3.8) is 0 Å². The summed E-state index contributed by atoms with van der Waals surface area (Å²) >= 11 is 6.36. The van der Waals surface area contributed by atoms with Crippen LogP contribution in [0, 0.1) is 0 Å². The van der Waals surface area contributed by atoms with Gasteiger partial charge in [0, 0.05) is 6.20 Å². The van der Waals surface area contributed by atoms with Gasteiger partial charge in [-0.05, 0) is 47.7 Å². The van der Waals surface area contributed by atoms with Crippen molar-refractivity contribution >= 4 is 23.3 Å². The van der Waals surface area contributed by atoms with E-state index in [0.717, 1.165) is 36.3 Å². The van der Waals surface area contributed by atoms with E-state index in [-0.39, 0.29) is 11.6 Å². The van der Waals surface area contributed by atoms with E-state index >= 15 is 0 Å². The zero-order chi connectivity index (χ0) is 19.5. The fourth-order valence-corrected chi connectivity index (χ4v) is 3.60. The first-order valence-electron chi connectivity index (χ1n) is 9.14. The Morgan fingerprint density at radius 1 is 1.14 bits per heavy atom. The molecule has 1 aromatic heterocycles. The second-order valence-corrected chi connectivity index (χ2v) is 7.13. The van der Waals surface area contributed by atoms with E-state index in [1.807, 2.05) is 24.3 Å². The Kier molecular flexibility index (Phi) is 5.17. The highest BCUT2D eigenvalue weighted by molar-refractivity contribution is 6.33. The van der Waals surface area contributed by atoms with Crippen LogP contribution in [0.25, 0.3) is 0 Å². The van der Waals surface area contributed by atoms with Gasteiger partial charge < -0.3 is 15.8 Å². The largest absolute Gasteiger partial charge is 0.493 e. The van der Waals surface area contributed by atoms with Crippen LogP contribution in [0.4, 0.5) is 5.82 Å². The van der Waals surface area contributed by atoms with Crippen molar-refractivity contribution in [3.8, 4) is 5.75 Å². The number of amides is 1. The maximum absolute atomic E-state index is 11.4. The third-order valence-electron chi connectivity index (χ3n) is 4.81. The highest BCUT2D eigenvalue weighted by Gasteiger charge is 2.19. The highest BCUT2D eigenvalue weighted by atomic mass is 35.5. The van der Waals surface area contributed by atoms with Crippen LogP contribution in [-0.2, 0) is 6.42 Å². The number of rotatable bonds is 5. The van der Waals surface area contributed by atoms with Gasteiger partial charge in [0.15, 0.2) is 0 Å². The number of aryl methyl sites for hydroxylation is 1. The van der Waals surface area contributed by atoms with E-state index in [1.54, 1.807) is 0 Å². The number of halogens is 1. The second kappa shape index (κ2) is 7.90. The molecule has 2 aromatic carbocycles. The molecule has 5 nitrogen and oxygen atoms in total. The van der Waals surface area contributed by atoms with Crippen molar-refractivity contribution in [3.05, 3.63) is 88.1 Å². The van der Waals surface area contributed by atoms with Gasteiger partial charge in [-0.2, -0.15) is 0 Å². The van der Waals surface area contributed by atoms with Gasteiger partial charge in [-0.15, -0.1) is 0 Å². The van der Waals surface area contributed by atoms with Crippen molar-refractivity contribution in [2.24, 2.45) is 5.73 Å². The molecule has 2 heterocycles. The summed E-state index contributed by atoms with van der Waals surface area (Å²) in [4.78, 5) is 15.7. The highest BCUT2D eigenvalue weighted by Crippen LogP contribution is 2.33. The van der Waals surface area contributed by atoms with Crippen LogP contribution in [0.15, 0.2) is 60.8 Å². The van der Waals surface area contributed by atoms with Gasteiger partial charge in [-0.1, -0.05) is 48.0 Å². The molecule has 142 valence electrons. The Bertz CT molecular complexity index is 1010. The molecule has 0 aliphatic carbocycles. The summed E-state index contributed by atoms with van der Waals surface area (Å²) < 4.78 is 5.74. The Labute approximate surface area is 168 Å². The molecule has 1 unspecified atom stereocenters. The first-order valence-corrected chi connectivity index (χ1v) is 9.52. The summed E-state index contributed by atoms with van der Waals surface area (Å²) in [5, 5.41) is 3.76. The molecule has 1 amide bonds. The summed E-state index contributed by atoms with van der Waals surface area (Å²) in [5.74, 6) is 0.883. The first-order chi connectivity index (χ1) is 13.6. The lowest BCUT2D eigenvalue weighted by Gasteiger charge is -2.24. The van der Waals surface area contributed by atoms with Gasteiger partial charge in [0.05, 0.1) is 23.2 Å². The Morgan fingerprint density at radius 2 is 1.96 bits per heavy atom. The number of carbonyl (C=O) groups excluding carboxylic acids is 1. The number of pyridine rings is 1. The molecule has 28 heavy (non-hydrogen) atoms. The van der Waals surface area contributed by atoms with Crippen LogP contribution in [0.1, 0.15) is 39.5 Å². The Balaban J connectivity index is 1.72. The quantitative estimate of drug-likeness (QED) is 0.675. The van der Waals surface area contributed by atoms with Crippen molar-refractivity contribution in [1.29, 1.82) is 0 Å². The van der Waals surface area contributed by atoms with Crippen LogP contribution in [0.3, 0.4) is 0 Å².